The van der Waals surface area contributed by atoms with E-state index in [1.165, 1.54) is 6.92 Å². The Labute approximate surface area is 198 Å². The number of aliphatic hydroxyl groups excluding tert-OH is 2. The summed E-state index contributed by atoms with van der Waals surface area (Å²) in [5.41, 5.74) is 0. The lowest BCUT2D eigenvalue weighted by molar-refractivity contribution is -0.144. The molecule has 0 bridgehead atoms. The monoisotopic (exact) mass is 472 g/mol. The van der Waals surface area contributed by atoms with E-state index in [9.17, 15) is 19.8 Å². The average molecular weight is 473 g/mol. The number of carbonyl (C=O) groups excluding carboxylic acids is 2. The van der Waals surface area contributed by atoms with Crippen LogP contribution in [0.25, 0.3) is 0 Å². The zero-order chi connectivity index (χ0) is 24.2. The molecule has 2 aliphatic heterocycles. The summed E-state index contributed by atoms with van der Waals surface area (Å²) in [5.74, 6) is 0.359. The summed E-state index contributed by atoms with van der Waals surface area (Å²) in [4.78, 5) is 29.0. The summed E-state index contributed by atoms with van der Waals surface area (Å²) in [6.45, 7) is 9.25. The molecule has 2 N–H and O–H groups in total. The lowest BCUT2D eigenvalue weighted by atomic mass is 9.98. The maximum absolute atomic E-state index is 13.2. The van der Waals surface area contributed by atoms with Crippen LogP contribution in [0.3, 0.4) is 0 Å². The van der Waals surface area contributed by atoms with E-state index >= 15 is 0 Å². The van der Waals surface area contributed by atoms with Gasteiger partial charge in [0.15, 0.2) is 0 Å². The van der Waals surface area contributed by atoms with Crippen molar-refractivity contribution in [3.8, 4) is 0 Å². The molecular weight excluding hydrogens is 428 g/mol. The van der Waals surface area contributed by atoms with Gasteiger partial charge in [0.1, 0.15) is 18.3 Å². The highest BCUT2D eigenvalue weighted by molar-refractivity contribution is 5.79. The molecule has 2 saturated heterocycles. The van der Waals surface area contributed by atoms with Gasteiger partial charge < -0.3 is 34.2 Å². The van der Waals surface area contributed by atoms with Crippen molar-refractivity contribution in [1.82, 2.24) is 9.80 Å². The van der Waals surface area contributed by atoms with Crippen molar-refractivity contribution in [1.29, 1.82) is 0 Å². The van der Waals surface area contributed by atoms with Crippen molar-refractivity contribution < 1.29 is 34.0 Å². The molecule has 9 heteroatoms. The smallest absolute Gasteiger partial charge is 0.225 e. The van der Waals surface area contributed by atoms with E-state index in [1.807, 2.05) is 4.90 Å². The molecular formula is C24H44N2O7. The van der Waals surface area contributed by atoms with Crippen molar-refractivity contribution in [2.24, 2.45) is 11.8 Å². The van der Waals surface area contributed by atoms with E-state index in [4.69, 9.17) is 14.2 Å². The van der Waals surface area contributed by atoms with Gasteiger partial charge in [-0.15, -0.1) is 0 Å². The minimum Gasteiger partial charge on any atom is -0.388 e. The van der Waals surface area contributed by atoms with Crippen LogP contribution in [0.4, 0.5) is 0 Å². The van der Waals surface area contributed by atoms with Crippen LogP contribution in [-0.4, -0.2) is 109 Å². The molecule has 192 valence electrons. The van der Waals surface area contributed by atoms with E-state index in [0.29, 0.717) is 52.0 Å². The first-order valence-corrected chi connectivity index (χ1v) is 12.5. The lowest BCUT2D eigenvalue weighted by Crippen LogP contribution is -2.51. The zero-order valence-electron chi connectivity index (χ0n) is 20.6. The second-order valence-electron chi connectivity index (χ2n) is 9.61. The molecule has 0 radical (unpaired) electrons. The molecule has 2 rings (SSSR count). The summed E-state index contributed by atoms with van der Waals surface area (Å²) in [6, 6.07) is 0. The molecule has 2 heterocycles. The first kappa shape index (κ1) is 28.0. The second kappa shape index (κ2) is 14.9. The van der Waals surface area contributed by atoms with Crippen LogP contribution < -0.4 is 0 Å². The first-order chi connectivity index (χ1) is 15.8. The van der Waals surface area contributed by atoms with Crippen molar-refractivity contribution >= 4 is 11.8 Å². The van der Waals surface area contributed by atoms with Crippen LogP contribution in [0.5, 0.6) is 0 Å². The molecule has 3 atom stereocenters. The number of hydrogen-bond donors (Lipinski definition) is 2. The van der Waals surface area contributed by atoms with Crippen molar-refractivity contribution in [3.63, 3.8) is 0 Å². The number of hydrogen-bond acceptors (Lipinski definition) is 7. The van der Waals surface area contributed by atoms with Gasteiger partial charge in [0.2, 0.25) is 11.8 Å². The number of ether oxygens (including phenoxy) is 3. The Hall–Kier alpha value is -1.26. The largest absolute Gasteiger partial charge is 0.388 e. The molecule has 2 aliphatic rings. The SMILES string of the molecule is CC(=O)N1CCN(C(=O)C2CCOCC2)CCCCOC[C@@H](O)[C@@H](O)[C@H](OCCC(C)C)C1. The molecule has 0 saturated carbocycles. The van der Waals surface area contributed by atoms with Gasteiger partial charge in [-0.3, -0.25) is 9.59 Å². The Kier molecular flexibility index (Phi) is 12.6. The summed E-state index contributed by atoms with van der Waals surface area (Å²) in [7, 11) is 0. The van der Waals surface area contributed by atoms with Crippen LogP contribution in [-0.2, 0) is 23.8 Å². The van der Waals surface area contributed by atoms with Gasteiger partial charge in [-0.25, -0.2) is 0 Å². The highest BCUT2D eigenvalue weighted by Gasteiger charge is 2.31. The van der Waals surface area contributed by atoms with Crippen LogP contribution >= 0.6 is 0 Å². The van der Waals surface area contributed by atoms with E-state index in [1.54, 1.807) is 4.90 Å². The van der Waals surface area contributed by atoms with Gasteiger partial charge in [-0.1, -0.05) is 13.8 Å². The van der Waals surface area contributed by atoms with Crippen molar-refractivity contribution in [2.45, 2.75) is 71.2 Å². The van der Waals surface area contributed by atoms with Crippen molar-refractivity contribution in [2.75, 3.05) is 59.2 Å². The molecule has 0 aromatic rings. The Morgan fingerprint density at radius 2 is 1.70 bits per heavy atom. The van der Waals surface area contributed by atoms with Crippen LogP contribution in [0, 0.1) is 11.8 Å². The molecule has 0 aromatic heterocycles. The third kappa shape index (κ3) is 9.86. The molecule has 2 amide bonds. The van der Waals surface area contributed by atoms with Crippen LogP contribution in [0.2, 0.25) is 0 Å². The lowest BCUT2D eigenvalue weighted by Gasteiger charge is -2.35. The number of amides is 2. The number of aliphatic hydroxyl groups is 2. The third-order valence-corrected chi connectivity index (χ3v) is 6.43. The quantitative estimate of drug-likeness (QED) is 0.616. The summed E-state index contributed by atoms with van der Waals surface area (Å²) in [6.07, 6.45) is 0.756. The van der Waals surface area contributed by atoms with Gasteiger partial charge in [-0.2, -0.15) is 0 Å². The second-order valence-corrected chi connectivity index (χ2v) is 9.61. The Morgan fingerprint density at radius 1 is 1.00 bits per heavy atom. The highest BCUT2D eigenvalue weighted by Crippen LogP contribution is 2.19. The predicted molar refractivity (Wildman–Crippen MR) is 124 cm³/mol. The normalized spacial score (nSPS) is 27.4. The molecule has 2 fully saturated rings. The fraction of sp³-hybridized carbons (Fsp3) is 0.917. The summed E-state index contributed by atoms with van der Waals surface area (Å²) < 4.78 is 16.9. The molecule has 33 heavy (non-hydrogen) atoms. The summed E-state index contributed by atoms with van der Waals surface area (Å²) >= 11 is 0. The number of carbonyl (C=O) groups is 2. The third-order valence-electron chi connectivity index (χ3n) is 6.43. The zero-order valence-corrected chi connectivity index (χ0v) is 20.6. The predicted octanol–water partition coefficient (Wildman–Crippen LogP) is 1.05. The van der Waals surface area contributed by atoms with Gasteiger partial charge in [0.05, 0.1) is 6.61 Å². The maximum Gasteiger partial charge on any atom is 0.225 e. The summed E-state index contributed by atoms with van der Waals surface area (Å²) in [5, 5.41) is 21.2. The van der Waals surface area contributed by atoms with Crippen LogP contribution in [0.15, 0.2) is 0 Å². The Balaban J connectivity index is 2.12. The molecule has 0 aromatic carbocycles. The Bertz CT molecular complexity index is 583. The minimum absolute atomic E-state index is 0.00397. The van der Waals surface area contributed by atoms with Gasteiger partial charge in [0.25, 0.3) is 0 Å². The van der Waals surface area contributed by atoms with E-state index in [2.05, 4.69) is 13.8 Å². The van der Waals surface area contributed by atoms with Gasteiger partial charge >= 0.3 is 0 Å². The van der Waals surface area contributed by atoms with Gasteiger partial charge in [-0.05, 0) is 38.0 Å². The standard InChI is InChI=1S/C24H44N2O7/c1-18(2)6-15-33-22-16-26(19(3)27)11-10-25(24(30)20-7-13-31-14-8-20)9-4-5-12-32-17-21(28)23(22)29/h18,20-23,28-29H,4-17H2,1-3H3/t21-,22-,23-/m1/s1. The first-order valence-electron chi connectivity index (χ1n) is 12.5. The van der Waals surface area contributed by atoms with E-state index in [0.717, 1.165) is 32.1 Å². The number of nitrogens with zero attached hydrogens (tertiary/aromatic N) is 2. The molecule has 0 spiro atoms. The van der Waals surface area contributed by atoms with Crippen LogP contribution in [0.1, 0.15) is 52.9 Å². The fourth-order valence-electron chi connectivity index (χ4n) is 4.14. The molecule has 0 aliphatic carbocycles. The minimum atomic E-state index is -1.18. The topological polar surface area (TPSA) is 109 Å². The van der Waals surface area contributed by atoms with Gasteiger partial charge in [0, 0.05) is 65.4 Å². The average Bonchev–Trinajstić information content (AvgIpc) is 2.79. The van der Waals surface area contributed by atoms with E-state index in [-0.39, 0.29) is 30.9 Å². The molecule has 9 nitrogen and oxygen atoms in total. The molecule has 0 unspecified atom stereocenters. The van der Waals surface area contributed by atoms with Crippen molar-refractivity contribution in [3.05, 3.63) is 0 Å². The highest BCUT2D eigenvalue weighted by atomic mass is 16.5. The fourth-order valence-corrected chi connectivity index (χ4v) is 4.14. The maximum atomic E-state index is 13.2. The van der Waals surface area contributed by atoms with E-state index < -0.39 is 18.3 Å². The Morgan fingerprint density at radius 3 is 2.36 bits per heavy atom. The number of rotatable bonds is 5.